The van der Waals surface area contributed by atoms with E-state index in [1.165, 1.54) is 12.0 Å². The van der Waals surface area contributed by atoms with Gasteiger partial charge in [-0.15, -0.1) is 24.0 Å². The van der Waals surface area contributed by atoms with Crippen molar-refractivity contribution in [2.24, 2.45) is 10.9 Å². The summed E-state index contributed by atoms with van der Waals surface area (Å²) >= 11 is 0. The van der Waals surface area contributed by atoms with Crippen molar-refractivity contribution < 1.29 is 5.11 Å². The van der Waals surface area contributed by atoms with Crippen LogP contribution in [0.1, 0.15) is 24.5 Å². The number of benzene rings is 2. The molecule has 2 aromatic carbocycles. The van der Waals surface area contributed by atoms with Crippen LogP contribution in [-0.4, -0.2) is 35.6 Å². The maximum Gasteiger partial charge on any atom is 0.194 e. The zero-order valence-corrected chi connectivity index (χ0v) is 17.6. The Balaban J connectivity index is 0.00000243. The Kier molecular flexibility index (Phi) is 8.22. The van der Waals surface area contributed by atoms with Crippen molar-refractivity contribution in [1.29, 1.82) is 0 Å². The molecule has 0 aromatic heterocycles. The predicted molar refractivity (Wildman–Crippen MR) is 118 cm³/mol. The van der Waals surface area contributed by atoms with Gasteiger partial charge in [-0.05, 0) is 48.9 Å². The summed E-state index contributed by atoms with van der Waals surface area (Å²) in [7, 11) is 0. The SMILES string of the molecule is CCNC(=NCc1ccc(O)cc1)N1CCC(Cc2ccccc2)C1.I. The van der Waals surface area contributed by atoms with E-state index in [1.807, 2.05) is 12.1 Å². The van der Waals surface area contributed by atoms with Crippen LogP contribution in [0, 0.1) is 5.92 Å². The van der Waals surface area contributed by atoms with Crippen LogP contribution < -0.4 is 5.32 Å². The Hall–Kier alpha value is -1.76. The third-order valence-corrected chi connectivity index (χ3v) is 4.64. The molecule has 5 heteroatoms. The zero-order chi connectivity index (χ0) is 17.5. The second-order valence-corrected chi connectivity index (χ2v) is 6.63. The molecule has 3 rings (SSSR count). The molecule has 1 saturated heterocycles. The fraction of sp³-hybridized carbons (Fsp3) is 0.381. The minimum atomic E-state index is 0. The van der Waals surface area contributed by atoms with Crippen LogP contribution in [0.2, 0.25) is 0 Å². The van der Waals surface area contributed by atoms with E-state index in [2.05, 4.69) is 47.5 Å². The monoisotopic (exact) mass is 465 g/mol. The summed E-state index contributed by atoms with van der Waals surface area (Å²) in [5.41, 5.74) is 2.52. The number of aromatic hydroxyl groups is 1. The maximum absolute atomic E-state index is 9.38. The molecular weight excluding hydrogens is 437 g/mol. The standard InChI is InChI=1S/C21H27N3O.HI/c1-2-22-21(23-15-18-8-10-20(25)11-9-18)24-13-12-19(16-24)14-17-6-4-3-5-7-17;/h3-11,19,25H,2,12-16H2,1H3,(H,22,23);1H. The molecule has 0 radical (unpaired) electrons. The molecule has 0 aliphatic carbocycles. The first-order valence-electron chi connectivity index (χ1n) is 9.09. The first-order valence-corrected chi connectivity index (χ1v) is 9.09. The van der Waals surface area contributed by atoms with E-state index in [9.17, 15) is 5.11 Å². The lowest BCUT2D eigenvalue weighted by Crippen LogP contribution is -2.40. The van der Waals surface area contributed by atoms with Gasteiger partial charge in [0.2, 0.25) is 0 Å². The number of phenolic OH excluding ortho intramolecular Hbond substituents is 1. The van der Waals surface area contributed by atoms with Crippen molar-refractivity contribution in [3.63, 3.8) is 0 Å². The third kappa shape index (κ3) is 5.90. The minimum Gasteiger partial charge on any atom is -0.508 e. The van der Waals surface area contributed by atoms with Crippen LogP contribution in [0.25, 0.3) is 0 Å². The van der Waals surface area contributed by atoms with Gasteiger partial charge in [-0.1, -0.05) is 42.5 Å². The van der Waals surface area contributed by atoms with E-state index in [1.54, 1.807) is 12.1 Å². The number of hydrogen-bond donors (Lipinski definition) is 2. The van der Waals surface area contributed by atoms with Gasteiger partial charge in [0.05, 0.1) is 6.54 Å². The van der Waals surface area contributed by atoms with Crippen molar-refractivity contribution in [2.45, 2.75) is 26.3 Å². The second kappa shape index (κ2) is 10.4. The number of halogens is 1. The van der Waals surface area contributed by atoms with Crippen molar-refractivity contribution in [2.75, 3.05) is 19.6 Å². The lowest BCUT2D eigenvalue weighted by Gasteiger charge is -2.21. The Labute approximate surface area is 173 Å². The van der Waals surface area contributed by atoms with Crippen LogP contribution in [0.4, 0.5) is 0 Å². The average molecular weight is 465 g/mol. The molecule has 4 nitrogen and oxygen atoms in total. The summed E-state index contributed by atoms with van der Waals surface area (Å²) in [5, 5.41) is 12.8. The first-order chi connectivity index (χ1) is 12.2. The summed E-state index contributed by atoms with van der Waals surface area (Å²) in [4.78, 5) is 7.16. The predicted octanol–water partition coefficient (Wildman–Crippen LogP) is 4.04. The second-order valence-electron chi connectivity index (χ2n) is 6.63. The Morgan fingerprint density at radius 2 is 1.85 bits per heavy atom. The van der Waals surface area contributed by atoms with Gasteiger partial charge in [-0.25, -0.2) is 4.99 Å². The Morgan fingerprint density at radius 1 is 1.12 bits per heavy atom. The topological polar surface area (TPSA) is 47.9 Å². The van der Waals surface area contributed by atoms with E-state index in [4.69, 9.17) is 4.99 Å². The molecule has 26 heavy (non-hydrogen) atoms. The number of likely N-dealkylation sites (tertiary alicyclic amines) is 1. The van der Waals surface area contributed by atoms with E-state index < -0.39 is 0 Å². The number of nitrogens with zero attached hydrogens (tertiary/aromatic N) is 2. The highest BCUT2D eigenvalue weighted by Crippen LogP contribution is 2.21. The van der Waals surface area contributed by atoms with Crippen LogP contribution in [0.5, 0.6) is 5.75 Å². The molecular formula is C21H28IN3O. The van der Waals surface area contributed by atoms with Crippen molar-refractivity contribution >= 4 is 29.9 Å². The molecule has 1 heterocycles. The number of hydrogen-bond acceptors (Lipinski definition) is 2. The Morgan fingerprint density at radius 3 is 2.54 bits per heavy atom. The highest BCUT2D eigenvalue weighted by Gasteiger charge is 2.24. The van der Waals surface area contributed by atoms with E-state index in [-0.39, 0.29) is 24.0 Å². The number of rotatable bonds is 5. The summed E-state index contributed by atoms with van der Waals surface area (Å²) in [5.74, 6) is 1.97. The Bertz CT molecular complexity index is 688. The van der Waals surface area contributed by atoms with Gasteiger partial charge >= 0.3 is 0 Å². The largest absolute Gasteiger partial charge is 0.508 e. The van der Waals surface area contributed by atoms with Crippen molar-refractivity contribution in [1.82, 2.24) is 10.2 Å². The maximum atomic E-state index is 9.38. The number of nitrogens with one attached hydrogen (secondary N) is 1. The molecule has 2 N–H and O–H groups in total. The fourth-order valence-electron chi connectivity index (χ4n) is 3.33. The van der Waals surface area contributed by atoms with Crippen molar-refractivity contribution in [3.8, 4) is 5.75 Å². The fourth-order valence-corrected chi connectivity index (χ4v) is 3.33. The van der Waals surface area contributed by atoms with E-state index >= 15 is 0 Å². The van der Waals surface area contributed by atoms with Crippen molar-refractivity contribution in [3.05, 3.63) is 65.7 Å². The van der Waals surface area contributed by atoms with Gasteiger partial charge in [0.15, 0.2) is 5.96 Å². The quantitative estimate of drug-likeness (QED) is 0.398. The van der Waals surface area contributed by atoms with Gasteiger partial charge in [0.1, 0.15) is 5.75 Å². The zero-order valence-electron chi connectivity index (χ0n) is 15.3. The normalized spacial score (nSPS) is 17.0. The molecule has 0 bridgehead atoms. The molecule has 1 atom stereocenters. The van der Waals surface area contributed by atoms with Gasteiger partial charge in [0, 0.05) is 19.6 Å². The highest BCUT2D eigenvalue weighted by atomic mass is 127. The van der Waals surface area contributed by atoms with Crippen LogP contribution in [0.15, 0.2) is 59.6 Å². The lowest BCUT2D eigenvalue weighted by molar-refractivity contribution is 0.460. The van der Waals surface area contributed by atoms with E-state index in [0.717, 1.165) is 37.6 Å². The van der Waals surface area contributed by atoms with Crippen LogP contribution in [-0.2, 0) is 13.0 Å². The number of guanidine groups is 1. The molecule has 0 amide bonds. The summed E-state index contributed by atoms with van der Waals surface area (Å²) < 4.78 is 0. The number of phenols is 1. The van der Waals surface area contributed by atoms with Crippen LogP contribution in [0.3, 0.4) is 0 Å². The summed E-state index contributed by atoms with van der Waals surface area (Å²) in [6.07, 6.45) is 2.34. The minimum absolute atomic E-state index is 0. The number of aliphatic imine (C=N–C) groups is 1. The summed E-state index contributed by atoms with van der Waals surface area (Å²) in [6.45, 7) is 5.71. The molecule has 1 aliphatic heterocycles. The van der Waals surface area contributed by atoms with Gasteiger partial charge in [-0.2, -0.15) is 0 Å². The molecule has 0 spiro atoms. The molecule has 2 aromatic rings. The third-order valence-electron chi connectivity index (χ3n) is 4.64. The summed E-state index contributed by atoms with van der Waals surface area (Å²) in [6, 6.07) is 18.0. The molecule has 140 valence electrons. The molecule has 0 saturated carbocycles. The highest BCUT2D eigenvalue weighted by molar-refractivity contribution is 14.0. The molecule has 1 aliphatic rings. The van der Waals surface area contributed by atoms with Gasteiger partial charge in [-0.3, -0.25) is 0 Å². The molecule has 1 unspecified atom stereocenters. The van der Waals surface area contributed by atoms with E-state index in [0.29, 0.717) is 18.2 Å². The van der Waals surface area contributed by atoms with Gasteiger partial charge in [0.25, 0.3) is 0 Å². The van der Waals surface area contributed by atoms with Gasteiger partial charge < -0.3 is 15.3 Å². The molecule has 1 fully saturated rings. The smallest absolute Gasteiger partial charge is 0.194 e. The average Bonchev–Trinajstić information content (AvgIpc) is 3.09. The van der Waals surface area contributed by atoms with Crippen LogP contribution >= 0.6 is 24.0 Å². The lowest BCUT2D eigenvalue weighted by atomic mass is 9.99. The first kappa shape index (κ1) is 20.6.